The monoisotopic (exact) mass is 230 g/mol. The van der Waals surface area contributed by atoms with Crippen LogP contribution in [-0.4, -0.2) is 9.78 Å². The van der Waals surface area contributed by atoms with Crippen molar-refractivity contribution in [1.29, 1.82) is 0 Å². The molecule has 0 N–H and O–H groups in total. The van der Waals surface area contributed by atoms with Crippen LogP contribution in [0, 0.1) is 6.92 Å². The van der Waals surface area contributed by atoms with Crippen LogP contribution < -0.4 is 4.74 Å². The predicted octanol–water partition coefficient (Wildman–Crippen LogP) is 3.35. The Labute approximate surface area is 102 Å². The number of ether oxygens (including phenoxy) is 1. The molecule has 1 aromatic carbocycles. The molecule has 3 nitrogen and oxygen atoms in total. The van der Waals surface area contributed by atoms with Crippen molar-refractivity contribution in [3.63, 3.8) is 0 Å². The Hall–Kier alpha value is -1.77. The Morgan fingerprint density at radius 3 is 2.76 bits per heavy atom. The third-order valence-electron chi connectivity index (χ3n) is 2.57. The topological polar surface area (TPSA) is 27.1 Å². The van der Waals surface area contributed by atoms with Gasteiger partial charge >= 0.3 is 0 Å². The molecule has 17 heavy (non-hydrogen) atoms. The van der Waals surface area contributed by atoms with Gasteiger partial charge in [-0.05, 0) is 44.5 Å². The summed E-state index contributed by atoms with van der Waals surface area (Å²) < 4.78 is 7.63. The average molecular weight is 230 g/mol. The van der Waals surface area contributed by atoms with Gasteiger partial charge in [0.1, 0.15) is 12.4 Å². The molecule has 0 saturated carbocycles. The van der Waals surface area contributed by atoms with E-state index in [1.807, 2.05) is 35.1 Å². The third kappa shape index (κ3) is 3.09. The molecule has 1 heterocycles. The summed E-state index contributed by atoms with van der Waals surface area (Å²) in [6.45, 7) is 6.79. The summed E-state index contributed by atoms with van der Waals surface area (Å²) in [5, 5.41) is 4.44. The first-order valence-corrected chi connectivity index (χ1v) is 5.88. The fourth-order valence-electron chi connectivity index (χ4n) is 1.60. The van der Waals surface area contributed by atoms with Crippen molar-refractivity contribution in [3.8, 4) is 5.75 Å². The summed E-state index contributed by atoms with van der Waals surface area (Å²) >= 11 is 0. The van der Waals surface area contributed by atoms with E-state index in [2.05, 4.69) is 31.9 Å². The van der Waals surface area contributed by atoms with Crippen molar-refractivity contribution in [3.05, 3.63) is 47.8 Å². The lowest BCUT2D eigenvalue weighted by molar-refractivity contribution is 0.298. The summed E-state index contributed by atoms with van der Waals surface area (Å²) in [5.74, 6) is 0.893. The van der Waals surface area contributed by atoms with Crippen LogP contribution in [0.5, 0.6) is 5.75 Å². The largest absolute Gasteiger partial charge is 0.487 e. The van der Waals surface area contributed by atoms with Gasteiger partial charge < -0.3 is 4.74 Å². The fraction of sp³-hybridized carbons (Fsp3) is 0.357. The lowest BCUT2D eigenvalue weighted by Gasteiger charge is -2.06. The van der Waals surface area contributed by atoms with Crippen molar-refractivity contribution in [2.75, 3.05) is 0 Å². The Morgan fingerprint density at radius 1 is 1.29 bits per heavy atom. The van der Waals surface area contributed by atoms with E-state index < -0.39 is 0 Å². The number of aromatic nitrogens is 2. The molecule has 0 aliphatic rings. The number of nitrogens with zero attached hydrogens (tertiary/aromatic N) is 2. The molecule has 0 radical (unpaired) electrons. The molecule has 0 bridgehead atoms. The maximum absolute atomic E-state index is 5.69. The van der Waals surface area contributed by atoms with E-state index in [9.17, 15) is 0 Å². The fourth-order valence-corrected chi connectivity index (χ4v) is 1.60. The summed E-state index contributed by atoms with van der Waals surface area (Å²) in [6.07, 6.45) is 1.99. The molecule has 0 unspecified atom stereocenters. The van der Waals surface area contributed by atoms with E-state index in [0.717, 1.165) is 11.4 Å². The second-order valence-electron chi connectivity index (χ2n) is 4.49. The van der Waals surface area contributed by atoms with Crippen molar-refractivity contribution in [2.24, 2.45) is 0 Å². The molecular weight excluding hydrogens is 212 g/mol. The Balaban J connectivity index is 1.97. The maximum atomic E-state index is 5.69. The number of hydrogen-bond donors (Lipinski definition) is 0. The lowest BCUT2D eigenvalue weighted by atomic mass is 10.2. The zero-order chi connectivity index (χ0) is 12.3. The quantitative estimate of drug-likeness (QED) is 0.805. The van der Waals surface area contributed by atoms with Gasteiger partial charge in [-0.15, -0.1) is 0 Å². The van der Waals surface area contributed by atoms with Gasteiger partial charge in [0, 0.05) is 12.2 Å². The highest BCUT2D eigenvalue weighted by Crippen LogP contribution is 2.14. The normalized spacial score (nSPS) is 10.8. The highest BCUT2D eigenvalue weighted by Gasteiger charge is 2.02. The van der Waals surface area contributed by atoms with Crippen LogP contribution in [0.3, 0.4) is 0 Å². The smallest absolute Gasteiger partial charge is 0.132 e. The molecule has 2 aromatic rings. The molecule has 0 aliphatic carbocycles. The SMILES string of the molecule is Cc1cccc(OCc2ccn(C(C)C)n2)c1. The van der Waals surface area contributed by atoms with Crippen molar-refractivity contribution in [1.82, 2.24) is 9.78 Å². The van der Waals surface area contributed by atoms with Crippen LogP contribution in [0.15, 0.2) is 36.5 Å². The highest BCUT2D eigenvalue weighted by atomic mass is 16.5. The van der Waals surface area contributed by atoms with E-state index in [4.69, 9.17) is 4.74 Å². The first kappa shape index (κ1) is 11.7. The standard InChI is InChI=1S/C14H18N2O/c1-11(2)16-8-7-13(15-16)10-17-14-6-4-5-12(3)9-14/h4-9,11H,10H2,1-3H3. The van der Waals surface area contributed by atoms with E-state index in [0.29, 0.717) is 12.6 Å². The molecular formula is C14H18N2O. The zero-order valence-electron chi connectivity index (χ0n) is 10.6. The molecule has 0 saturated heterocycles. The number of hydrogen-bond acceptors (Lipinski definition) is 2. The van der Waals surface area contributed by atoms with Gasteiger partial charge in [0.15, 0.2) is 0 Å². The van der Waals surface area contributed by atoms with Crippen LogP contribution in [0.25, 0.3) is 0 Å². The second-order valence-corrected chi connectivity index (χ2v) is 4.49. The first-order chi connectivity index (χ1) is 8.15. The van der Waals surface area contributed by atoms with Gasteiger partial charge in [-0.2, -0.15) is 5.10 Å². The molecule has 0 atom stereocenters. The van der Waals surface area contributed by atoms with Gasteiger partial charge in [0.2, 0.25) is 0 Å². The first-order valence-electron chi connectivity index (χ1n) is 5.88. The van der Waals surface area contributed by atoms with E-state index >= 15 is 0 Å². The minimum absolute atomic E-state index is 0.391. The second kappa shape index (κ2) is 5.04. The third-order valence-corrected chi connectivity index (χ3v) is 2.57. The van der Waals surface area contributed by atoms with Gasteiger partial charge in [-0.1, -0.05) is 12.1 Å². The highest BCUT2D eigenvalue weighted by molar-refractivity contribution is 5.27. The summed E-state index contributed by atoms with van der Waals surface area (Å²) in [6, 6.07) is 10.4. The Morgan fingerprint density at radius 2 is 2.12 bits per heavy atom. The number of rotatable bonds is 4. The zero-order valence-corrected chi connectivity index (χ0v) is 10.6. The van der Waals surface area contributed by atoms with E-state index in [-0.39, 0.29) is 0 Å². The van der Waals surface area contributed by atoms with Crippen LogP contribution in [0.2, 0.25) is 0 Å². The summed E-state index contributed by atoms with van der Waals surface area (Å²) in [4.78, 5) is 0. The van der Waals surface area contributed by atoms with Crippen LogP contribution in [0.4, 0.5) is 0 Å². The van der Waals surface area contributed by atoms with Crippen molar-refractivity contribution < 1.29 is 4.74 Å². The molecule has 1 aromatic heterocycles. The van der Waals surface area contributed by atoms with Gasteiger partial charge in [-0.25, -0.2) is 0 Å². The van der Waals surface area contributed by atoms with Crippen molar-refractivity contribution in [2.45, 2.75) is 33.4 Å². The van der Waals surface area contributed by atoms with Crippen molar-refractivity contribution >= 4 is 0 Å². The average Bonchev–Trinajstić information content (AvgIpc) is 2.75. The minimum Gasteiger partial charge on any atom is -0.487 e. The number of aryl methyl sites for hydroxylation is 1. The lowest BCUT2D eigenvalue weighted by Crippen LogP contribution is -2.03. The Bertz CT molecular complexity index is 488. The molecule has 2 rings (SSSR count). The molecule has 0 spiro atoms. The van der Waals surface area contributed by atoms with E-state index in [1.54, 1.807) is 0 Å². The van der Waals surface area contributed by atoms with E-state index in [1.165, 1.54) is 5.56 Å². The molecule has 0 fully saturated rings. The van der Waals surface area contributed by atoms with Crippen LogP contribution >= 0.6 is 0 Å². The molecule has 3 heteroatoms. The van der Waals surface area contributed by atoms with Crippen LogP contribution in [-0.2, 0) is 6.61 Å². The van der Waals surface area contributed by atoms with Gasteiger partial charge in [0.25, 0.3) is 0 Å². The maximum Gasteiger partial charge on any atom is 0.132 e. The minimum atomic E-state index is 0.391. The van der Waals surface area contributed by atoms with Gasteiger partial charge in [-0.3, -0.25) is 4.68 Å². The molecule has 90 valence electrons. The Kier molecular flexibility index (Phi) is 3.47. The van der Waals surface area contributed by atoms with Crippen LogP contribution in [0.1, 0.15) is 31.1 Å². The number of benzene rings is 1. The summed E-state index contributed by atoms with van der Waals surface area (Å²) in [7, 11) is 0. The molecule has 0 amide bonds. The molecule has 0 aliphatic heterocycles. The predicted molar refractivity (Wildman–Crippen MR) is 68.1 cm³/mol. The van der Waals surface area contributed by atoms with Gasteiger partial charge in [0.05, 0.1) is 5.69 Å². The summed E-state index contributed by atoms with van der Waals surface area (Å²) in [5.41, 5.74) is 2.16.